The lowest BCUT2D eigenvalue weighted by Crippen LogP contribution is -2.33. The van der Waals surface area contributed by atoms with Crippen LogP contribution in [0.25, 0.3) is 0 Å². The quantitative estimate of drug-likeness (QED) is 0.841. The molecular weight excluding hydrogens is 252 g/mol. The van der Waals surface area contributed by atoms with Crippen molar-refractivity contribution in [2.45, 2.75) is 43.7 Å². The Morgan fingerprint density at radius 1 is 1.56 bits per heavy atom. The Morgan fingerprint density at radius 3 is 2.94 bits per heavy atom. The molecule has 2 N–H and O–H groups in total. The van der Waals surface area contributed by atoms with Crippen LogP contribution in [0, 0.1) is 0 Å². The Labute approximate surface area is 108 Å². The van der Waals surface area contributed by atoms with E-state index in [0.29, 0.717) is 19.6 Å². The zero-order chi connectivity index (χ0) is 13.2. The van der Waals surface area contributed by atoms with Crippen molar-refractivity contribution in [2.75, 3.05) is 13.1 Å². The number of sulfonamides is 1. The minimum atomic E-state index is -3.37. The highest BCUT2D eigenvalue weighted by atomic mass is 32.2. The monoisotopic (exact) mass is 272 g/mol. The van der Waals surface area contributed by atoms with Crippen LogP contribution < -0.4 is 5.73 Å². The number of hydrogen-bond acceptors (Lipinski definition) is 4. The molecule has 0 aliphatic carbocycles. The lowest BCUT2D eigenvalue weighted by molar-refractivity contribution is 0.408. The van der Waals surface area contributed by atoms with Gasteiger partial charge in [-0.05, 0) is 32.7 Å². The van der Waals surface area contributed by atoms with Gasteiger partial charge in [0.05, 0.1) is 6.20 Å². The van der Waals surface area contributed by atoms with Gasteiger partial charge in [-0.2, -0.15) is 9.40 Å². The molecule has 0 radical (unpaired) electrons. The second kappa shape index (κ2) is 5.38. The highest BCUT2D eigenvalue weighted by Gasteiger charge is 2.33. The summed E-state index contributed by atoms with van der Waals surface area (Å²) in [5, 5.41) is 4.07. The molecule has 0 aromatic carbocycles. The van der Waals surface area contributed by atoms with Gasteiger partial charge in [-0.1, -0.05) is 0 Å². The van der Waals surface area contributed by atoms with Crippen LogP contribution in [-0.4, -0.2) is 41.6 Å². The second-order valence-corrected chi connectivity index (χ2v) is 6.58. The van der Waals surface area contributed by atoms with Crippen LogP contribution in [0.4, 0.5) is 0 Å². The third-order valence-corrected chi connectivity index (χ3v) is 5.27. The maximum absolute atomic E-state index is 12.4. The van der Waals surface area contributed by atoms with Crippen LogP contribution in [-0.2, 0) is 16.6 Å². The number of aromatic nitrogens is 2. The van der Waals surface area contributed by atoms with E-state index in [-0.39, 0.29) is 10.9 Å². The van der Waals surface area contributed by atoms with Crippen LogP contribution >= 0.6 is 0 Å². The molecule has 1 aromatic rings. The maximum atomic E-state index is 12.4. The van der Waals surface area contributed by atoms with Gasteiger partial charge in [0.15, 0.2) is 0 Å². The van der Waals surface area contributed by atoms with Gasteiger partial charge in [-0.25, -0.2) is 8.42 Å². The molecule has 2 heterocycles. The van der Waals surface area contributed by atoms with E-state index < -0.39 is 10.0 Å². The molecule has 0 saturated carbocycles. The Kier molecular flexibility index (Phi) is 4.04. The van der Waals surface area contributed by atoms with Gasteiger partial charge in [0.25, 0.3) is 0 Å². The Hall–Kier alpha value is -0.920. The maximum Gasteiger partial charge on any atom is 0.246 e. The first-order valence-corrected chi connectivity index (χ1v) is 7.74. The van der Waals surface area contributed by atoms with Crippen molar-refractivity contribution in [3.05, 3.63) is 12.4 Å². The Morgan fingerprint density at radius 2 is 2.33 bits per heavy atom. The fourth-order valence-electron chi connectivity index (χ4n) is 2.25. The zero-order valence-electron chi connectivity index (χ0n) is 10.6. The third-order valence-electron chi connectivity index (χ3n) is 3.30. The molecule has 6 nitrogen and oxygen atoms in total. The zero-order valence-corrected chi connectivity index (χ0v) is 11.4. The first kappa shape index (κ1) is 13.5. The van der Waals surface area contributed by atoms with Gasteiger partial charge in [-0.3, -0.25) is 4.68 Å². The topological polar surface area (TPSA) is 81.2 Å². The molecule has 1 unspecified atom stereocenters. The summed E-state index contributed by atoms with van der Waals surface area (Å²) in [6, 6.07) is 0.0855. The van der Waals surface area contributed by atoms with Crippen LogP contribution in [0.3, 0.4) is 0 Å². The standard InChI is InChI=1S/C11H20N4O2S/c1-10-4-2-7-15(10)18(16,17)11-8-13-14(9-11)6-3-5-12/h8-10H,2-7,12H2,1H3. The van der Waals surface area contributed by atoms with Crippen molar-refractivity contribution in [2.24, 2.45) is 5.73 Å². The summed E-state index contributed by atoms with van der Waals surface area (Å²) in [6.07, 6.45) is 5.68. The van der Waals surface area contributed by atoms with Gasteiger partial charge >= 0.3 is 0 Å². The van der Waals surface area contributed by atoms with Crippen LogP contribution in [0.15, 0.2) is 17.3 Å². The van der Waals surface area contributed by atoms with Crippen LogP contribution in [0.1, 0.15) is 26.2 Å². The largest absolute Gasteiger partial charge is 0.330 e. The van der Waals surface area contributed by atoms with Crippen molar-refractivity contribution in [3.63, 3.8) is 0 Å². The highest BCUT2D eigenvalue weighted by molar-refractivity contribution is 7.89. The van der Waals surface area contributed by atoms with E-state index in [1.54, 1.807) is 15.2 Å². The van der Waals surface area contributed by atoms with E-state index in [9.17, 15) is 8.42 Å². The summed E-state index contributed by atoms with van der Waals surface area (Å²) in [5.41, 5.74) is 5.42. The van der Waals surface area contributed by atoms with Crippen molar-refractivity contribution >= 4 is 10.0 Å². The lowest BCUT2D eigenvalue weighted by Gasteiger charge is -2.19. The molecule has 1 atom stereocenters. The first-order chi connectivity index (χ1) is 8.55. The molecule has 1 saturated heterocycles. The number of nitrogens with zero attached hydrogens (tertiary/aromatic N) is 3. The molecule has 1 aliphatic heterocycles. The van der Waals surface area contributed by atoms with Crippen LogP contribution in [0.2, 0.25) is 0 Å². The normalized spacial score (nSPS) is 21.6. The van der Waals surface area contributed by atoms with E-state index in [4.69, 9.17) is 5.73 Å². The van der Waals surface area contributed by atoms with E-state index in [0.717, 1.165) is 19.3 Å². The third kappa shape index (κ3) is 2.57. The van der Waals surface area contributed by atoms with Crippen LogP contribution in [0.5, 0.6) is 0 Å². The molecule has 102 valence electrons. The minimum Gasteiger partial charge on any atom is -0.330 e. The molecule has 1 aliphatic rings. The molecule has 2 rings (SSSR count). The van der Waals surface area contributed by atoms with E-state index in [1.165, 1.54) is 6.20 Å². The SMILES string of the molecule is CC1CCCN1S(=O)(=O)c1cnn(CCCN)c1. The summed E-state index contributed by atoms with van der Waals surface area (Å²) < 4.78 is 28.0. The van der Waals surface area contributed by atoms with Gasteiger partial charge in [0.2, 0.25) is 10.0 Å². The van der Waals surface area contributed by atoms with Crippen molar-refractivity contribution in [1.82, 2.24) is 14.1 Å². The van der Waals surface area contributed by atoms with E-state index in [2.05, 4.69) is 5.10 Å². The lowest BCUT2D eigenvalue weighted by atomic mass is 10.3. The number of rotatable bonds is 5. The van der Waals surface area contributed by atoms with Crippen molar-refractivity contribution in [3.8, 4) is 0 Å². The predicted octanol–water partition coefficient (Wildman–Crippen LogP) is 0.405. The first-order valence-electron chi connectivity index (χ1n) is 6.30. The number of hydrogen-bond donors (Lipinski definition) is 1. The highest BCUT2D eigenvalue weighted by Crippen LogP contribution is 2.25. The van der Waals surface area contributed by atoms with Crippen molar-refractivity contribution in [1.29, 1.82) is 0 Å². The fraction of sp³-hybridized carbons (Fsp3) is 0.727. The van der Waals surface area contributed by atoms with E-state index >= 15 is 0 Å². The average molecular weight is 272 g/mol. The molecule has 7 heteroatoms. The smallest absolute Gasteiger partial charge is 0.246 e. The fourth-order valence-corrected chi connectivity index (χ4v) is 3.91. The van der Waals surface area contributed by atoms with Crippen molar-refractivity contribution < 1.29 is 8.42 Å². The number of nitrogens with two attached hydrogens (primary N) is 1. The van der Waals surface area contributed by atoms with Gasteiger partial charge in [-0.15, -0.1) is 0 Å². The molecule has 18 heavy (non-hydrogen) atoms. The number of aryl methyl sites for hydroxylation is 1. The minimum absolute atomic E-state index is 0.0855. The molecule has 0 bridgehead atoms. The molecule has 0 amide bonds. The predicted molar refractivity (Wildman–Crippen MR) is 68.5 cm³/mol. The molecule has 1 aromatic heterocycles. The summed E-state index contributed by atoms with van der Waals surface area (Å²) in [6.45, 7) is 3.79. The Bertz CT molecular complexity index is 497. The summed E-state index contributed by atoms with van der Waals surface area (Å²) >= 11 is 0. The van der Waals surface area contributed by atoms with E-state index in [1.807, 2.05) is 6.92 Å². The molecule has 0 spiro atoms. The summed E-state index contributed by atoms with van der Waals surface area (Å²) in [4.78, 5) is 0.285. The Balaban J connectivity index is 2.17. The van der Waals surface area contributed by atoms with Gasteiger partial charge in [0.1, 0.15) is 4.90 Å². The summed E-state index contributed by atoms with van der Waals surface area (Å²) in [7, 11) is -3.37. The average Bonchev–Trinajstić information content (AvgIpc) is 2.95. The summed E-state index contributed by atoms with van der Waals surface area (Å²) in [5.74, 6) is 0. The van der Waals surface area contributed by atoms with Gasteiger partial charge < -0.3 is 5.73 Å². The second-order valence-electron chi connectivity index (χ2n) is 4.69. The molecular formula is C11H20N4O2S. The molecule has 1 fully saturated rings. The van der Waals surface area contributed by atoms with Gasteiger partial charge in [0, 0.05) is 25.3 Å².